The van der Waals surface area contributed by atoms with Gasteiger partial charge in [0.1, 0.15) is 0 Å². The molecule has 0 bridgehead atoms. The average Bonchev–Trinajstić information content (AvgIpc) is 3.42. The molecule has 30 heavy (non-hydrogen) atoms. The second-order valence-corrected chi connectivity index (χ2v) is 8.81. The highest BCUT2D eigenvalue weighted by molar-refractivity contribution is 6.50. The van der Waals surface area contributed by atoms with Crippen LogP contribution in [0.15, 0.2) is 54.6 Å². The van der Waals surface area contributed by atoms with E-state index in [0.29, 0.717) is 15.1 Å². The first-order chi connectivity index (χ1) is 14.6. The molecule has 4 aromatic carbocycles. The first kappa shape index (κ1) is 16.9. The van der Waals surface area contributed by atoms with Crippen LogP contribution in [0.5, 0.6) is 0 Å². The molecule has 6 heteroatoms. The molecule has 0 atom stereocenters. The zero-order chi connectivity index (χ0) is 20.1. The molecule has 0 saturated heterocycles. The molecule has 3 nitrogen and oxygen atoms in total. The van der Waals surface area contributed by atoms with Crippen LogP contribution in [-0.4, -0.2) is 15.0 Å². The van der Waals surface area contributed by atoms with Crippen LogP contribution in [0.3, 0.4) is 0 Å². The van der Waals surface area contributed by atoms with Crippen molar-refractivity contribution in [1.29, 1.82) is 0 Å². The topological polar surface area (TPSA) is 47.4 Å². The van der Waals surface area contributed by atoms with Crippen molar-refractivity contribution in [1.82, 2.24) is 15.0 Å². The number of para-hydroxylation sites is 1. The summed E-state index contributed by atoms with van der Waals surface area (Å²) in [6.45, 7) is 0. The van der Waals surface area contributed by atoms with Gasteiger partial charge in [-0.25, -0.2) is 0 Å². The van der Waals surface area contributed by atoms with Crippen LogP contribution in [0, 0.1) is 0 Å². The maximum Gasteiger partial charge on any atom is 0.0732 e. The largest absolute Gasteiger partial charge is 0.354 e. The highest BCUT2D eigenvalue weighted by Crippen LogP contribution is 2.47. The Balaban J connectivity index is 1.95. The maximum atomic E-state index is 6.74. The first-order valence-corrected chi connectivity index (χ1v) is 10.7. The van der Waals surface area contributed by atoms with Crippen LogP contribution in [-0.2, 0) is 0 Å². The molecule has 0 fully saturated rings. The van der Waals surface area contributed by atoms with E-state index < -0.39 is 0 Å². The summed E-state index contributed by atoms with van der Waals surface area (Å²) in [4.78, 5) is 10.8. The van der Waals surface area contributed by atoms with Crippen molar-refractivity contribution < 1.29 is 0 Å². The van der Waals surface area contributed by atoms with E-state index in [0.717, 1.165) is 65.4 Å². The molecule has 3 N–H and O–H groups in total. The third-order valence-corrected chi connectivity index (χ3v) is 7.20. The quantitative estimate of drug-likeness (QED) is 0.208. The van der Waals surface area contributed by atoms with E-state index in [2.05, 4.69) is 33.2 Å². The molecule has 0 saturated carbocycles. The Morgan fingerprint density at radius 3 is 2.07 bits per heavy atom. The summed E-state index contributed by atoms with van der Waals surface area (Å²) in [5.74, 6) is 0. The predicted molar refractivity (Wildman–Crippen MR) is 130 cm³/mol. The van der Waals surface area contributed by atoms with Crippen molar-refractivity contribution >= 4 is 100 Å². The Morgan fingerprint density at radius 2 is 1.17 bits per heavy atom. The van der Waals surface area contributed by atoms with Crippen LogP contribution >= 0.6 is 34.8 Å². The van der Waals surface area contributed by atoms with Crippen molar-refractivity contribution in [2.45, 2.75) is 0 Å². The van der Waals surface area contributed by atoms with Crippen LogP contribution < -0.4 is 0 Å². The Labute approximate surface area is 184 Å². The molecular formula is C24H12Cl3N3. The Bertz CT molecular complexity index is 1840. The molecule has 0 amide bonds. The lowest BCUT2D eigenvalue weighted by Crippen LogP contribution is -1.78. The third-order valence-electron chi connectivity index (χ3n) is 6.08. The zero-order valence-corrected chi connectivity index (χ0v) is 17.6. The van der Waals surface area contributed by atoms with E-state index in [1.165, 1.54) is 0 Å². The number of hydrogen-bond donors (Lipinski definition) is 3. The van der Waals surface area contributed by atoms with Crippen molar-refractivity contribution in [3.8, 4) is 0 Å². The van der Waals surface area contributed by atoms with E-state index >= 15 is 0 Å². The number of hydrogen-bond acceptors (Lipinski definition) is 0. The monoisotopic (exact) mass is 447 g/mol. The van der Waals surface area contributed by atoms with Crippen LogP contribution in [0.1, 0.15) is 0 Å². The Hall–Kier alpha value is -2.85. The SMILES string of the molecule is Clc1ccc2[nH]c3c4c([nH]c5cccc(Cl)c54)c4[nH]c5ccccc5c4c3c2c1Cl. The number of benzene rings is 4. The summed E-state index contributed by atoms with van der Waals surface area (Å²) in [6, 6.07) is 18.0. The second kappa shape index (κ2) is 5.64. The minimum absolute atomic E-state index is 0.537. The first-order valence-electron chi connectivity index (χ1n) is 9.55. The van der Waals surface area contributed by atoms with E-state index in [4.69, 9.17) is 34.8 Å². The molecule has 7 rings (SSSR count). The van der Waals surface area contributed by atoms with Gasteiger partial charge in [-0.15, -0.1) is 0 Å². The Morgan fingerprint density at radius 1 is 0.467 bits per heavy atom. The van der Waals surface area contributed by atoms with Gasteiger partial charge in [-0.05, 0) is 30.3 Å². The fourth-order valence-corrected chi connectivity index (χ4v) is 5.58. The van der Waals surface area contributed by atoms with E-state index in [1.807, 2.05) is 36.4 Å². The number of rotatable bonds is 0. The maximum absolute atomic E-state index is 6.74. The number of halogens is 3. The summed E-state index contributed by atoms with van der Waals surface area (Å²) < 4.78 is 0. The standard InChI is InChI=1S/C24H12Cl3N3/c25-11-5-3-7-14-17(11)20-22-19(18-15(29-22)9-8-12(26)21(18)27)16-10-4-1-2-6-13(10)28-23(16)24(20)30-14/h1-9,28-30H. The molecule has 0 unspecified atom stereocenters. The second-order valence-electron chi connectivity index (χ2n) is 7.62. The zero-order valence-electron chi connectivity index (χ0n) is 15.3. The van der Waals surface area contributed by atoms with Crippen LogP contribution in [0.2, 0.25) is 15.1 Å². The summed E-state index contributed by atoms with van der Waals surface area (Å²) in [7, 11) is 0. The number of nitrogens with one attached hydrogen (secondary N) is 3. The fourth-order valence-electron chi connectivity index (χ4n) is 4.89. The van der Waals surface area contributed by atoms with Gasteiger partial charge in [-0.2, -0.15) is 0 Å². The highest BCUT2D eigenvalue weighted by atomic mass is 35.5. The van der Waals surface area contributed by atoms with Crippen LogP contribution in [0.4, 0.5) is 0 Å². The summed E-state index contributed by atoms with van der Waals surface area (Å²) in [5.41, 5.74) is 6.06. The van der Waals surface area contributed by atoms with E-state index in [9.17, 15) is 0 Å². The molecule has 144 valence electrons. The molecule has 0 aliphatic carbocycles. The van der Waals surface area contributed by atoms with Crippen molar-refractivity contribution in [3.63, 3.8) is 0 Å². The van der Waals surface area contributed by atoms with Gasteiger partial charge in [0.25, 0.3) is 0 Å². The smallest absolute Gasteiger partial charge is 0.0732 e. The molecule has 0 radical (unpaired) electrons. The van der Waals surface area contributed by atoms with Gasteiger partial charge in [-0.3, -0.25) is 0 Å². The minimum Gasteiger partial charge on any atom is -0.354 e. The molecule has 3 heterocycles. The van der Waals surface area contributed by atoms with Crippen molar-refractivity contribution in [3.05, 3.63) is 69.7 Å². The third kappa shape index (κ3) is 1.93. The van der Waals surface area contributed by atoms with E-state index in [1.54, 1.807) is 0 Å². The lowest BCUT2D eigenvalue weighted by atomic mass is 10.0. The fraction of sp³-hybridized carbons (Fsp3) is 0. The molecule has 0 aliphatic heterocycles. The molecule has 7 aromatic rings. The van der Waals surface area contributed by atoms with Gasteiger partial charge in [-0.1, -0.05) is 59.1 Å². The minimum atomic E-state index is 0.537. The highest BCUT2D eigenvalue weighted by Gasteiger charge is 2.23. The van der Waals surface area contributed by atoms with Gasteiger partial charge in [0.2, 0.25) is 0 Å². The van der Waals surface area contributed by atoms with Crippen molar-refractivity contribution in [2.75, 3.05) is 0 Å². The lowest BCUT2D eigenvalue weighted by Gasteiger charge is -2.03. The van der Waals surface area contributed by atoms with Gasteiger partial charge >= 0.3 is 0 Å². The molecule has 0 aliphatic rings. The summed E-state index contributed by atoms with van der Waals surface area (Å²) >= 11 is 19.8. The predicted octanol–water partition coefficient (Wildman–Crippen LogP) is 8.55. The van der Waals surface area contributed by atoms with E-state index in [-0.39, 0.29) is 0 Å². The number of fused-ring (bicyclic) bond motifs is 12. The molecule has 0 spiro atoms. The van der Waals surface area contributed by atoms with Crippen LogP contribution in [0.25, 0.3) is 65.4 Å². The Kier molecular flexibility index (Phi) is 3.18. The summed E-state index contributed by atoms with van der Waals surface area (Å²) in [5, 5.41) is 8.08. The van der Waals surface area contributed by atoms with Gasteiger partial charge in [0.05, 0.1) is 31.6 Å². The normalized spacial score (nSPS) is 12.5. The van der Waals surface area contributed by atoms with Gasteiger partial charge in [0.15, 0.2) is 0 Å². The summed E-state index contributed by atoms with van der Waals surface area (Å²) in [6.07, 6.45) is 0. The average molecular weight is 449 g/mol. The number of H-pyrrole nitrogens is 3. The number of aromatic amines is 3. The molecule has 3 aromatic heterocycles. The van der Waals surface area contributed by atoms with Gasteiger partial charge in [0, 0.05) is 48.9 Å². The molecular weight excluding hydrogens is 437 g/mol. The van der Waals surface area contributed by atoms with Gasteiger partial charge < -0.3 is 15.0 Å². The number of aromatic nitrogens is 3. The lowest BCUT2D eigenvalue weighted by molar-refractivity contribution is 1.51. The van der Waals surface area contributed by atoms with Crippen molar-refractivity contribution in [2.24, 2.45) is 0 Å².